The van der Waals surface area contributed by atoms with E-state index in [-0.39, 0.29) is 30.2 Å². The van der Waals surface area contributed by atoms with Gasteiger partial charge < -0.3 is 15.5 Å². The molecule has 0 bridgehead atoms. The number of anilines is 2. The van der Waals surface area contributed by atoms with Crippen molar-refractivity contribution in [2.45, 2.75) is 18.5 Å². The van der Waals surface area contributed by atoms with Crippen molar-refractivity contribution in [2.24, 2.45) is 0 Å². The third kappa shape index (κ3) is 6.74. The number of pyridine rings is 1. The summed E-state index contributed by atoms with van der Waals surface area (Å²) >= 11 is 0. The van der Waals surface area contributed by atoms with Crippen molar-refractivity contribution in [1.82, 2.24) is 15.2 Å². The van der Waals surface area contributed by atoms with Crippen LogP contribution >= 0.6 is 0 Å². The Morgan fingerprint density at radius 2 is 1.44 bits per heavy atom. The van der Waals surface area contributed by atoms with E-state index in [0.29, 0.717) is 18.8 Å². The van der Waals surface area contributed by atoms with Crippen molar-refractivity contribution in [1.29, 1.82) is 0 Å². The number of nitrogens with zero attached hydrogens (tertiary/aromatic N) is 2. The van der Waals surface area contributed by atoms with Gasteiger partial charge in [-0.1, -0.05) is 60.7 Å². The minimum atomic E-state index is -0.641. The fourth-order valence-electron chi connectivity index (χ4n) is 4.41. The SMILES string of the molecule is O=C(Nc1ccc(/C=C/c2ccc(NC(=O)[C@@H]3C=CCN3C(=O)Cc3ccncc3)cc2)cc1)[C@@H]1C=CCN1. The molecule has 2 aromatic carbocycles. The topological polar surface area (TPSA) is 103 Å². The lowest BCUT2D eigenvalue weighted by atomic mass is 10.1. The molecule has 0 saturated heterocycles. The predicted octanol–water partition coefficient (Wildman–Crippen LogP) is 3.67. The number of aromatic nitrogens is 1. The lowest BCUT2D eigenvalue weighted by Crippen LogP contribution is -2.44. The van der Waals surface area contributed by atoms with Crippen LogP contribution in [0.5, 0.6) is 0 Å². The van der Waals surface area contributed by atoms with Gasteiger partial charge in [-0.05, 0) is 53.1 Å². The van der Waals surface area contributed by atoms with Crippen LogP contribution in [-0.4, -0.2) is 52.8 Å². The zero-order chi connectivity index (χ0) is 27.0. The van der Waals surface area contributed by atoms with E-state index in [4.69, 9.17) is 0 Å². The number of carbonyl (C=O) groups is 3. The molecule has 196 valence electrons. The van der Waals surface area contributed by atoms with Gasteiger partial charge >= 0.3 is 0 Å². The van der Waals surface area contributed by atoms with Crippen molar-refractivity contribution in [3.05, 3.63) is 114 Å². The van der Waals surface area contributed by atoms with Gasteiger partial charge in [0, 0.05) is 36.9 Å². The Morgan fingerprint density at radius 1 is 0.821 bits per heavy atom. The van der Waals surface area contributed by atoms with E-state index >= 15 is 0 Å². The molecule has 2 aliphatic heterocycles. The van der Waals surface area contributed by atoms with E-state index in [2.05, 4.69) is 20.9 Å². The van der Waals surface area contributed by atoms with Gasteiger partial charge in [-0.15, -0.1) is 0 Å². The Morgan fingerprint density at radius 3 is 2.03 bits per heavy atom. The monoisotopic (exact) mass is 519 g/mol. The minimum absolute atomic E-state index is 0.0764. The summed E-state index contributed by atoms with van der Waals surface area (Å²) in [5, 5.41) is 8.91. The van der Waals surface area contributed by atoms with Gasteiger partial charge in [0.1, 0.15) is 12.1 Å². The first-order valence-corrected chi connectivity index (χ1v) is 12.8. The molecule has 3 amide bonds. The molecule has 3 aromatic rings. The van der Waals surface area contributed by atoms with E-state index in [0.717, 1.165) is 22.4 Å². The summed E-state index contributed by atoms with van der Waals surface area (Å²) in [6.45, 7) is 1.12. The fourth-order valence-corrected chi connectivity index (χ4v) is 4.41. The van der Waals surface area contributed by atoms with Crippen LogP contribution in [0.4, 0.5) is 11.4 Å². The number of hydrogen-bond acceptors (Lipinski definition) is 5. The molecule has 3 heterocycles. The molecule has 0 aliphatic carbocycles. The summed E-state index contributed by atoms with van der Waals surface area (Å²) < 4.78 is 0. The number of nitrogens with one attached hydrogen (secondary N) is 3. The number of rotatable bonds is 8. The molecule has 5 rings (SSSR count). The first-order chi connectivity index (χ1) is 19.0. The normalized spacial score (nSPS) is 18.0. The highest BCUT2D eigenvalue weighted by atomic mass is 16.2. The van der Waals surface area contributed by atoms with Crippen LogP contribution in [0.2, 0.25) is 0 Å². The van der Waals surface area contributed by atoms with Gasteiger partial charge in [0.25, 0.3) is 5.91 Å². The summed E-state index contributed by atoms with van der Waals surface area (Å²) in [5.74, 6) is -0.431. The van der Waals surface area contributed by atoms with E-state index in [1.165, 1.54) is 0 Å². The Kier molecular flexibility index (Phi) is 8.04. The standard InChI is InChI=1S/C31H29N5O3/c37-29(21-24-15-18-32-19-16-24)36-20-2-4-28(36)31(39)35-26-13-9-23(10-14-26)6-5-22-7-11-25(12-8-22)34-30(38)27-3-1-17-33-27/h1-16,18-19,27-28,33H,17,20-21H2,(H,34,38)(H,35,39)/b6-5+/t27-,28-/m0/s1. The van der Waals surface area contributed by atoms with Crippen LogP contribution in [0.3, 0.4) is 0 Å². The van der Waals surface area contributed by atoms with Crippen molar-refractivity contribution < 1.29 is 14.4 Å². The van der Waals surface area contributed by atoms with E-state index in [1.54, 1.807) is 35.5 Å². The predicted molar refractivity (Wildman–Crippen MR) is 153 cm³/mol. The maximum absolute atomic E-state index is 12.9. The van der Waals surface area contributed by atoms with Crippen LogP contribution < -0.4 is 16.0 Å². The Balaban J connectivity index is 1.13. The first kappa shape index (κ1) is 25.8. The van der Waals surface area contributed by atoms with Gasteiger partial charge in [-0.3, -0.25) is 24.7 Å². The van der Waals surface area contributed by atoms with Crippen molar-refractivity contribution in [3.63, 3.8) is 0 Å². The second-order valence-corrected chi connectivity index (χ2v) is 9.32. The van der Waals surface area contributed by atoms with Crippen LogP contribution in [-0.2, 0) is 20.8 Å². The second kappa shape index (κ2) is 12.1. The molecule has 0 unspecified atom stereocenters. The highest BCUT2D eigenvalue weighted by Gasteiger charge is 2.30. The summed E-state index contributed by atoms with van der Waals surface area (Å²) in [5.41, 5.74) is 4.23. The number of amides is 3. The van der Waals surface area contributed by atoms with Crippen molar-refractivity contribution in [3.8, 4) is 0 Å². The maximum atomic E-state index is 12.9. The molecule has 0 radical (unpaired) electrons. The third-order valence-electron chi connectivity index (χ3n) is 6.54. The molecule has 39 heavy (non-hydrogen) atoms. The van der Waals surface area contributed by atoms with Crippen molar-refractivity contribution >= 4 is 41.2 Å². The van der Waals surface area contributed by atoms with E-state index in [1.807, 2.05) is 78.9 Å². The second-order valence-electron chi connectivity index (χ2n) is 9.32. The van der Waals surface area contributed by atoms with Crippen LogP contribution in [0.1, 0.15) is 16.7 Å². The van der Waals surface area contributed by atoms with Gasteiger partial charge in [-0.2, -0.15) is 0 Å². The molecule has 3 N–H and O–H groups in total. The minimum Gasteiger partial charge on any atom is -0.324 e. The van der Waals surface area contributed by atoms with Crippen LogP contribution in [0.25, 0.3) is 12.2 Å². The van der Waals surface area contributed by atoms with Gasteiger partial charge in [-0.25, -0.2) is 0 Å². The quantitative estimate of drug-likeness (QED) is 0.311. The molecule has 8 nitrogen and oxygen atoms in total. The first-order valence-electron chi connectivity index (χ1n) is 12.8. The maximum Gasteiger partial charge on any atom is 0.251 e. The molecule has 0 saturated carbocycles. The van der Waals surface area contributed by atoms with Gasteiger partial charge in [0.05, 0.1) is 6.42 Å². The van der Waals surface area contributed by atoms with Crippen LogP contribution in [0.15, 0.2) is 97.4 Å². The summed E-state index contributed by atoms with van der Waals surface area (Å²) in [4.78, 5) is 43.5. The highest BCUT2D eigenvalue weighted by Crippen LogP contribution is 2.18. The zero-order valence-corrected chi connectivity index (χ0v) is 21.3. The average molecular weight is 520 g/mol. The fraction of sp³-hybridized carbons (Fsp3) is 0.161. The molecule has 0 spiro atoms. The number of hydrogen-bond donors (Lipinski definition) is 3. The van der Waals surface area contributed by atoms with E-state index in [9.17, 15) is 14.4 Å². The van der Waals surface area contributed by atoms with Gasteiger partial charge in [0.15, 0.2) is 0 Å². The zero-order valence-electron chi connectivity index (χ0n) is 21.3. The number of benzene rings is 2. The number of carbonyl (C=O) groups excluding carboxylic acids is 3. The smallest absolute Gasteiger partial charge is 0.251 e. The highest BCUT2D eigenvalue weighted by molar-refractivity contribution is 5.99. The molecule has 0 fully saturated rings. The summed E-state index contributed by atoms with van der Waals surface area (Å²) in [7, 11) is 0. The summed E-state index contributed by atoms with van der Waals surface area (Å²) in [6, 6.07) is 17.8. The molecule has 8 heteroatoms. The lowest BCUT2D eigenvalue weighted by Gasteiger charge is -2.24. The summed E-state index contributed by atoms with van der Waals surface area (Å²) in [6.07, 6.45) is 14.9. The molecule has 1 aromatic heterocycles. The van der Waals surface area contributed by atoms with E-state index < -0.39 is 6.04 Å². The average Bonchev–Trinajstić information content (AvgIpc) is 3.67. The van der Waals surface area contributed by atoms with Crippen molar-refractivity contribution in [2.75, 3.05) is 23.7 Å². The molecule has 2 aliphatic rings. The Labute approximate surface area is 227 Å². The molecular formula is C31H29N5O3. The lowest BCUT2D eigenvalue weighted by molar-refractivity contribution is -0.135. The van der Waals surface area contributed by atoms with Gasteiger partial charge in [0.2, 0.25) is 11.8 Å². The molecular weight excluding hydrogens is 490 g/mol. The Hall–Kier alpha value is -4.82. The van der Waals surface area contributed by atoms with Crippen LogP contribution in [0, 0.1) is 0 Å². The largest absolute Gasteiger partial charge is 0.324 e. The third-order valence-corrected chi connectivity index (χ3v) is 6.54. The Bertz CT molecular complexity index is 1410. The molecule has 2 atom stereocenters.